The van der Waals surface area contributed by atoms with E-state index in [1.807, 2.05) is 30.3 Å². The number of carbonyl (C=O) groups is 2. The molecule has 4 nitrogen and oxygen atoms in total. The Balaban J connectivity index is 2.20. The number of carboxylic acids is 1. The predicted octanol–water partition coefficient (Wildman–Crippen LogP) is 2.02. The Bertz CT molecular complexity index is 491. The molecule has 1 saturated heterocycles. The summed E-state index contributed by atoms with van der Waals surface area (Å²) in [4.78, 5) is 25.2. The first-order valence-corrected chi connectivity index (χ1v) is 7.37. The van der Waals surface area contributed by atoms with Crippen LogP contribution in [0.5, 0.6) is 0 Å². The number of amides is 1. The molecule has 5 heteroatoms. The molecule has 1 aromatic carbocycles. The van der Waals surface area contributed by atoms with Crippen molar-refractivity contribution in [3.8, 4) is 0 Å². The summed E-state index contributed by atoms with van der Waals surface area (Å²) in [6.07, 6.45) is 0.477. The summed E-state index contributed by atoms with van der Waals surface area (Å²) in [6, 6.07) is 9.05. The molecule has 0 radical (unpaired) electrons. The topological polar surface area (TPSA) is 57.6 Å². The van der Waals surface area contributed by atoms with Crippen LogP contribution in [0.3, 0.4) is 0 Å². The number of likely N-dealkylation sites (tertiary alicyclic amines) is 1. The molecule has 1 aliphatic heterocycles. The summed E-state index contributed by atoms with van der Waals surface area (Å²) in [5.74, 6) is -0.783. The summed E-state index contributed by atoms with van der Waals surface area (Å²) in [5.41, 5.74) is 1.09. The van der Waals surface area contributed by atoms with Crippen molar-refractivity contribution in [2.75, 3.05) is 12.3 Å². The van der Waals surface area contributed by atoms with Gasteiger partial charge in [0, 0.05) is 24.1 Å². The average Bonchev–Trinajstić information content (AvgIpc) is 2.92. The molecule has 108 valence electrons. The minimum atomic E-state index is -0.928. The second-order valence-corrected chi connectivity index (χ2v) is 5.64. The molecule has 0 saturated carbocycles. The van der Waals surface area contributed by atoms with Gasteiger partial charge in [-0.15, -0.1) is 0 Å². The van der Waals surface area contributed by atoms with E-state index in [4.69, 9.17) is 0 Å². The third-order valence-electron chi connectivity index (χ3n) is 3.84. The van der Waals surface area contributed by atoms with Crippen LogP contribution in [0, 0.1) is 5.92 Å². The van der Waals surface area contributed by atoms with E-state index in [-0.39, 0.29) is 17.7 Å². The standard InChI is InChI=1S/C15H19NO3S/c1-10(9-20)14(17)16-8-12(7-13(16)15(18)19)11-5-3-2-4-6-11/h2-6,10,12-13,20H,7-9H2,1H3,(H,18,19)/t10-,12+,13+/m1/s1. The van der Waals surface area contributed by atoms with Crippen molar-refractivity contribution in [2.24, 2.45) is 5.92 Å². The number of carboxylic acid groups (broad SMARTS) is 1. The number of hydrogen-bond acceptors (Lipinski definition) is 3. The molecule has 1 heterocycles. The summed E-state index contributed by atoms with van der Waals surface area (Å²) < 4.78 is 0. The third kappa shape index (κ3) is 2.98. The molecule has 0 aliphatic carbocycles. The summed E-state index contributed by atoms with van der Waals surface area (Å²) in [5, 5.41) is 9.34. The van der Waals surface area contributed by atoms with Gasteiger partial charge in [0.1, 0.15) is 6.04 Å². The first-order chi connectivity index (χ1) is 9.54. The zero-order valence-electron chi connectivity index (χ0n) is 11.4. The van der Waals surface area contributed by atoms with Crippen LogP contribution in [0.15, 0.2) is 30.3 Å². The second-order valence-electron chi connectivity index (χ2n) is 5.27. The van der Waals surface area contributed by atoms with Crippen LogP contribution in [-0.2, 0) is 9.59 Å². The molecule has 0 spiro atoms. The van der Waals surface area contributed by atoms with E-state index in [1.54, 1.807) is 6.92 Å². The minimum absolute atomic E-state index is 0.0911. The highest BCUT2D eigenvalue weighted by molar-refractivity contribution is 7.80. The zero-order valence-corrected chi connectivity index (χ0v) is 12.3. The number of carbonyl (C=O) groups excluding carboxylic acids is 1. The smallest absolute Gasteiger partial charge is 0.326 e. The number of rotatable bonds is 4. The number of hydrogen-bond donors (Lipinski definition) is 2. The summed E-state index contributed by atoms with van der Waals surface area (Å²) in [6.45, 7) is 2.25. The van der Waals surface area contributed by atoms with Gasteiger partial charge in [-0.3, -0.25) is 4.79 Å². The van der Waals surface area contributed by atoms with Crippen LogP contribution >= 0.6 is 12.6 Å². The van der Waals surface area contributed by atoms with Gasteiger partial charge in [-0.1, -0.05) is 37.3 Å². The molecule has 0 bridgehead atoms. The highest BCUT2D eigenvalue weighted by atomic mass is 32.1. The molecule has 1 aromatic rings. The van der Waals surface area contributed by atoms with Crippen molar-refractivity contribution in [1.29, 1.82) is 0 Å². The Morgan fingerprint density at radius 1 is 1.40 bits per heavy atom. The molecule has 1 fully saturated rings. The van der Waals surface area contributed by atoms with Gasteiger partial charge >= 0.3 is 5.97 Å². The number of aliphatic carboxylic acids is 1. The lowest BCUT2D eigenvalue weighted by atomic mass is 9.96. The molecular formula is C15H19NO3S. The Kier molecular flexibility index (Phi) is 4.70. The fourth-order valence-electron chi connectivity index (χ4n) is 2.64. The van der Waals surface area contributed by atoms with E-state index >= 15 is 0 Å². The third-order valence-corrected chi connectivity index (χ3v) is 4.38. The Labute approximate surface area is 124 Å². The van der Waals surface area contributed by atoms with Gasteiger partial charge in [0.25, 0.3) is 0 Å². The monoisotopic (exact) mass is 293 g/mol. The lowest BCUT2D eigenvalue weighted by molar-refractivity contribution is -0.149. The quantitative estimate of drug-likeness (QED) is 0.835. The van der Waals surface area contributed by atoms with E-state index < -0.39 is 12.0 Å². The Morgan fingerprint density at radius 2 is 2.05 bits per heavy atom. The Morgan fingerprint density at radius 3 is 2.60 bits per heavy atom. The molecule has 1 N–H and O–H groups in total. The first kappa shape index (κ1) is 14.9. The van der Waals surface area contributed by atoms with E-state index in [0.717, 1.165) is 5.56 Å². The Hall–Kier alpha value is -1.49. The van der Waals surface area contributed by atoms with E-state index in [2.05, 4.69) is 12.6 Å². The lowest BCUT2D eigenvalue weighted by Gasteiger charge is -2.24. The van der Waals surface area contributed by atoms with Crippen LogP contribution in [0.2, 0.25) is 0 Å². The molecule has 20 heavy (non-hydrogen) atoms. The van der Waals surface area contributed by atoms with E-state index in [1.165, 1.54) is 4.90 Å². The second kappa shape index (κ2) is 6.31. The van der Waals surface area contributed by atoms with Crippen molar-refractivity contribution < 1.29 is 14.7 Å². The van der Waals surface area contributed by atoms with Crippen molar-refractivity contribution in [3.05, 3.63) is 35.9 Å². The lowest BCUT2D eigenvalue weighted by Crippen LogP contribution is -2.43. The molecule has 0 aromatic heterocycles. The maximum Gasteiger partial charge on any atom is 0.326 e. The SMILES string of the molecule is C[C@H](CS)C(=O)N1C[C@@H](c2ccccc2)C[C@H]1C(=O)O. The maximum atomic E-state index is 12.3. The first-order valence-electron chi connectivity index (χ1n) is 6.73. The van der Waals surface area contributed by atoms with Gasteiger partial charge in [0.2, 0.25) is 5.91 Å². The average molecular weight is 293 g/mol. The normalized spacial score (nSPS) is 23.6. The predicted molar refractivity (Wildman–Crippen MR) is 80.0 cm³/mol. The fourth-order valence-corrected chi connectivity index (χ4v) is 2.80. The highest BCUT2D eigenvalue weighted by Crippen LogP contribution is 2.32. The van der Waals surface area contributed by atoms with Crippen molar-refractivity contribution in [2.45, 2.75) is 25.3 Å². The van der Waals surface area contributed by atoms with E-state index in [9.17, 15) is 14.7 Å². The molecule has 3 atom stereocenters. The van der Waals surface area contributed by atoms with Gasteiger partial charge in [-0.05, 0) is 12.0 Å². The number of thiol groups is 1. The van der Waals surface area contributed by atoms with Gasteiger partial charge in [-0.2, -0.15) is 12.6 Å². The van der Waals surface area contributed by atoms with Gasteiger partial charge < -0.3 is 10.0 Å². The van der Waals surface area contributed by atoms with Gasteiger partial charge in [-0.25, -0.2) is 4.79 Å². The van der Waals surface area contributed by atoms with Crippen LogP contribution in [0.1, 0.15) is 24.8 Å². The molecule has 1 amide bonds. The molecule has 0 unspecified atom stereocenters. The van der Waals surface area contributed by atoms with Gasteiger partial charge in [0.05, 0.1) is 0 Å². The summed E-state index contributed by atoms with van der Waals surface area (Å²) in [7, 11) is 0. The fraction of sp³-hybridized carbons (Fsp3) is 0.467. The van der Waals surface area contributed by atoms with Crippen LogP contribution < -0.4 is 0 Å². The van der Waals surface area contributed by atoms with Crippen LogP contribution in [0.25, 0.3) is 0 Å². The van der Waals surface area contributed by atoms with Crippen LogP contribution in [-0.4, -0.2) is 40.2 Å². The van der Waals surface area contributed by atoms with Crippen LogP contribution in [0.4, 0.5) is 0 Å². The summed E-state index contributed by atoms with van der Waals surface area (Å²) >= 11 is 4.13. The van der Waals surface area contributed by atoms with Crippen molar-refractivity contribution in [3.63, 3.8) is 0 Å². The molecular weight excluding hydrogens is 274 g/mol. The zero-order chi connectivity index (χ0) is 14.7. The van der Waals surface area contributed by atoms with Crippen molar-refractivity contribution in [1.82, 2.24) is 4.90 Å². The van der Waals surface area contributed by atoms with Crippen molar-refractivity contribution >= 4 is 24.5 Å². The van der Waals surface area contributed by atoms with Gasteiger partial charge in [0.15, 0.2) is 0 Å². The highest BCUT2D eigenvalue weighted by Gasteiger charge is 2.40. The number of benzene rings is 1. The molecule has 1 aliphatic rings. The van der Waals surface area contributed by atoms with E-state index in [0.29, 0.717) is 18.7 Å². The largest absolute Gasteiger partial charge is 0.480 e. The minimum Gasteiger partial charge on any atom is -0.480 e. The maximum absolute atomic E-state index is 12.3. The molecule has 2 rings (SSSR count). The number of nitrogens with zero attached hydrogens (tertiary/aromatic N) is 1.